The van der Waals surface area contributed by atoms with Gasteiger partial charge in [-0.15, -0.1) is 0 Å². The molecule has 1 aromatic heterocycles. The fraction of sp³-hybridized carbons (Fsp3) is 0.211. The third-order valence-corrected chi connectivity index (χ3v) is 4.09. The minimum absolute atomic E-state index is 0.139. The van der Waals surface area contributed by atoms with Crippen molar-refractivity contribution in [1.82, 2.24) is 20.1 Å². The maximum Gasteiger partial charge on any atom is 0.251 e. The Balaban J connectivity index is 1.31. The van der Waals surface area contributed by atoms with E-state index >= 15 is 0 Å². The molecular formula is C19H18N4O3. The van der Waals surface area contributed by atoms with Crippen LogP contribution in [-0.2, 0) is 6.54 Å². The van der Waals surface area contributed by atoms with Crippen LogP contribution < -0.4 is 14.8 Å². The second kappa shape index (κ2) is 7.26. The molecule has 1 atom stereocenters. The highest BCUT2D eigenvalue weighted by Crippen LogP contribution is 2.30. The average molecular weight is 350 g/mol. The van der Waals surface area contributed by atoms with Gasteiger partial charge in [-0.2, -0.15) is 5.10 Å². The van der Waals surface area contributed by atoms with Crippen molar-refractivity contribution in [1.29, 1.82) is 0 Å². The molecule has 0 bridgehead atoms. The van der Waals surface area contributed by atoms with E-state index in [2.05, 4.69) is 15.4 Å². The van der Waals surface area contributed by atoms with Gasteiger partial charge in [-0.1, -0.05) is 24.3 Å². The number of para-hydroxylation sites is 2. The van der Waals surface area contributed by atoms with Crippen LogP contribution in [0.15, 0.2) is 61.2 Å². The van der Waals surface area contributed by atoms with E-state index in [0.717, 1.165) is 11.3 Å². The summed E-state index contributed by atoms with van der Waals surface area (Å²) in [6.07, 6.45) is 2.95. The van der Waals surface area contributed by atoms with E-state index in [1.165, 1.54) is 6.33 Å². The maximum absolute atomic E-state index is 12.3. The van der Waals surface area contributed by atoms with Crippen molar-refractivity contribution in [3.63, 3.8) is 0 Å². The maximum atomic E-state index is 12.3. The molecule has 0 aliphatic carbocycles. The molecule has 7 nitrogen and oxygen atoms in total. The van der Waals surface area contributed by atoms with Gasteiger partial charge in [0.1, 0.15) is 25.4 Å². The monoisotopic (exact) mass is 350 g/mol. The van der Waals surface area contributed by atoms with Crippen LogP contribution in [0.25, 0.3) is 0 Å². The first-order valence-corrected chi connectivity index (χ1v) is 8.36. The quantitative estimate of drug-likeness (QED) is 0.760. The summed E-state index contributed by atoms with van der Waals surface area (Å²) >= 11 is 0. The Morgan fingerprint density at radius 3 is 2.73 bits per heavy atom. The third kappa shape index (κ3) is 3.66. The first-order chi connectivity index (χ1) is 12.8. The molecular weight excluding hydrogens is 332 g/mol. The second-order valence-electron chi connectivity index (χ2n) is 6.00. The Kier molecular flexibility index (Phi) is 4.51. The number of fused-ring (bicyclic) bond motifs is 1. The lowest BCUT2D eigenvalue weighted by Crippen LogP contribution is -2.40. The summed E-state index contributed by atoms with van der Waals surface area (Å²) in [7, 11) is 0. The van der Waals surface area contributed by atoms with Gasteiger partial charge in [-0.25, -0.2) is 9.67 Å². The molecule has 3 aromatic rings. The number of rotatable bonds is 5. The third-order valence-electron chi connectivity index (χ3n) is 4.09. The van der Waals surface area contributed by atoms with Crippen molar-refractivity contribution in [2.24, 2.45) is 0 Å². The van der Waals surface area contributed by atoms with Crippen LogP contribution in [0.5, 0.6) is 11.5 Å². The summed E-state index contributed by atoms with van der Waals surface area (Å²) in [5, 5.41) is 6.96. The minimum Gasteiger partial charge on any atom is -0.486 e. The molecule has 1 aliphatic heterocycles. The molecule has 132 valence electrons. The summed E-state index contributed by atoms with van der Waals surface area (Å²) in [6.45, 7) is 1.41. The Labute approximate surface area is 150 Å². The SMILES string of the molecule is O=C(NC[C@@H]1COc2ccccc2O1)c1ccc(Cn2cncn2)cc1. The number of nitrogens with zero attached hydrogens (tertiary/aromatic N) is 3. The largest absolute Gasteiger partial charge is 0.486 e. The van der Waals surface area contributed by atoms with Crippen LogP contribution in [0.2, 0.25) is 0 Å². The lowest BCUT2D eigenvalue weighted by molar-refractivity contribution is 0.0789. The molecule has 4 rings (SSSR count). The van der Waals surface area contributed by atoms with E-state index in [4.69, 9.17) is 9.47 Å². The van der Waals surface area contributed by atoms with E-state index in [0.29, 0.717) is 31.0 Å². The van der Waals surface area contributed by atoms with Crippen molar-refractivity contribution < 1.29 is 14.3 Å². The van der Waals surface area contributed by atoms with E-state index in [9.17, 15) is 4.79 Å². The molecule has 1 N–H and O–H groups in total. The summed E-state index contributed by atoms with van der Waals surface area (Å²) in [6, 6.07) is 14.9. The molecule has 0 saturated carbocycles. The van der Waals surface area contributed by atoms with E-state index in [-0.39, 0.29) is 12.0 Å². The predicted octanol–water partition coefficient (Wildman–Crippen LogP) is 1.90. The smallest absolute Gasteiger partial charge is 0.251 e. The molecule has 1 amide bonds. The molecule has 0 spiro atoms. The van der Waals surface area contributed by atoms with Crippen LogP contribution in [0.4, 0.5) is 0 Å². The zero-order chi connectivity index (χ0) is 17.8. The number of hydrogen-bond acceptors (Lipinski definition) is 5. The summed E-state index contributed by atoms with van der Waals surface area (Å²) < 4.78 is 13.2. The van der Waals surface area contributed by atoms with E-state index < -0.39 is 0 Å². The molecule has 0 saturated heterocycles. The number of benzene rings is 2. The molecule has 2 aromatic carbocycles. The molecule has 26 heavy (non-hydrogen) atoms. The van der Waals surface area contributed by atoms with Gasteiger partial charge in [0.05, 0.1) is 13.1 Å². The normalized spacial score (nSPS) is 15.5. The average Bonchev–Trinajstić information content (AvgIpc) is 3.19. The Bertz CT molecular complexity index is 878. The van der Waals surface area contributed by atoms with Crippen LogP contribution in [0, 0.1) is 0 Å². The number of nitrogens with one attached hydrogen (secondary N) is 1. The highest BCUT2D eigenvalue weighted by molar-refractivity contribution is 5.94. The fourth-order valence-corrected chi connectivity index (χ4v) is 2.74. The predicted molar refractivity (Wildman–Crippen MR) is 94.3 cm³/mol. The molecule has 0 unspecified atom stereocenters. The van der Waals surface area contributed by atoms with Crippen LogP contribution >= 0.6 is 0 Å². The topological polar surface area (TPSA) is 78.3 Å². The van der Waals surface area contributed by atoms with Gasteiger partial charge in [-0.3, -0.25) is 4.79 Å². The van der Waals surface area contributed by atoms with Gasteiger partial charge < -0.3 is 14.8 Å². The zero-order valence-corrected chi connectivity index (χ0v) is 14.0. The Morgan fingerprint density at radius 2 is 1.96 bits per heavy atom. The zero-order valence-electron chi connectivity index (χ0n) is 14.0. The molecule has 1 aliphatic rings. The molecule has 7 heteroatoms. The first-order valence-electron chi connectivity index (χ1n) is 8.36. The minimum atomic E-state index is -0.208. The summed E-state index contributed by atoms with van der Waals surface area (Å²) in [4.78, 5) is 16.2. The lowest BCUT2D eigenvalue weighted by atomic mass is 10.1. The second-order valence-corrected chi connectivity index (χ2v) is 6.00. The van der Waals surface area contributed by atoms with Crippen molar-refractivity contribution in [2.45, 2.75) is 12.6 Å². The Morgan fingerprint density at radius 1 is 1.15 bits per heavy atom. The van der Waals surface area contributed by atoms with Crippen LogP contribution in [0.3, 0.4) is 0 Å². The van der Waals surface area contributed by atoms with Gasteiger partial charge >= 0.3 is 0 Å². The van der Waals surface area contributed by atoms with Crippen molar-refractivity contribution in [3.8, 4) is 11.5 Å². The van der Waals surface area contributed by atoms with Crippen LogP contribution in [-0.4, -0.2) is 39.9 Å². The molecule has 2 heterocycles. The number of carbonyl (C=O) groups excluding carboxylic acids is 1. The van der Waals surface area contributed by atoms with Gasteiger partial charge in [0.25, 0.3) is 5.91 Å². The van der Waals surface area contributed by atoms with Gasteiger partial charge in [0, 0.05) is 5.56 Å². The van der Waals surface area contributed by atoms with Gasteiger partial charge in [-0.05, 0) is 29.8 Å². The highest BCUT2D eigenvalue weighted by atomic mass is 16.6. The number of aromatic nitrogens is 3. The molecule has 0 radical (unpaired) electrons. The van der Waals surface area contributed by atoms with Gasteiger partial charge in [0.2, 0.25) is 0 Å². The van der Waals surface area contributed by atoms with Crippen molar-refractivity contribution in [3.05, 3.63) is 72.3 Å². The van der Waals surface area contributed by atoms with Crippen molar-refractivity contribution >= 4 is 5.91 Å². The summed E-state index contributed by atoms with van der Waals surface area (Å²) in [5.41, 5.74) is 1.65. The Hall–Kier alpha value is -3.35. The van der Waals surface area contributed by atoms with E-state index in [1.807, 2.05) is 36.4 Å². The highest BCUT2D eigenvalue weighted by Gasteiger charge is 2.21. The van der Waals surface area contributed by atoms with E-state index in [1.54, 1.807) is 23.1 Å². The lowest BCUT2D eigenvalue weighted by Gasteiger charge is -2.26. The van der Waals surface area contributed by atoms with Crippen molar-refractivity contribution in [2.75, 3.05) is 13.2 Å². The summed E-state index contributed by atoms with van der Waals surface area (Å²) in [5.74, 6) is 1.30. The number of ether oxygens (including phenoxy) is 2. The number of carbonyl (C=O) groups is 1. The fourth-order valence-electron chi connectivity index (χ4n) is 2.74. The van der Waals surface area contributed by atoms with Crippen LogP contribution in [0.1, 0.15) is 15.9 Å². The number of hydrogen-bond donors (Lipinski definition) is 1. The standard InChI is InChI=1S/C19H18N4O3/c24-19(15-7-5-14(6-8-15)10-23-13-20-12-22-23)21-9-16-11-25-17-3-1-2-4-18(17)26-16/h1-8,12-13,16H,9-11H2,(H,21,24)/t16-/m1/s1. The molecule has 0 fully saturated rings. The number of amides is 1. The first kappa shape index (κ1) is 16.1. The van der Waals surface area contributed by atoms with Gasteiger partial charge in [0.15, 0.2) is 11.5 Å².